The first-order valence-corrected chi connectivity index (χ1v) is 11.8. The van der Waals surface area contributed by atoms with Crippen molar-refractivity contribution in [1.82, 2.24) is 15.3 Å². The van der Waals surface area contributed by atoms with Gasteiger partial charge in [-0.3, -0.25) is 14.6 Å². The van der Waals surface area contributed by atoms with Gasteiger partial charge in [0.25, 0.3) is 5.91 Å². The third-order valence-corrected chi connectivity index (χ3v) is 6.85. The minimum Gasteiger partial charge on any atom is -0.352 e. The van der Waals surface area contributed by atoms with Gasteiger partial charge in [-0.2, -0.15) is 0 Å². The van der Waals surface area contributed by atoms with Gasteiger partial charge in [0, 0.05) is 33.2 Å². The van der Waals surface area contributed by atoms with E-state index in [9.17, 15) is 9.59 Å². The molecule has 0 spiro atoms. The highest BCUT2D eigenvalue weighted by molar-refractivity contribution is 6.31. The van der Waals surface area contributed by atoms with Crippen molar-refractivity contribution in [2.75, 3.05) is 0 Å². The average molecular weight is 509 g/mol. The van der Waals surface area contributed by atoms with Crippen molar-refractivity contribution in [2.45, 2.75) is 37.3 Å². The zero-order valence-electron chi connectivity index (χ0n) is 19.0. The lowest BCUT2D eigenvalue weighted by molar-refractivity contribution is 0.0755. The fourth-order valence-electron chi connectivity index (χ4n) is 4.71. The van der Waals surface area contributed by atoms with Crippen molar-refractivity contribution < 1.29 is 9.59 Å². The van der Waals surface area contributed by atoms with Crippen molar-refractivity contribution in [2.24, 2.45) is 5.73 Å². The van der Waals surface area contributed by atoms with Gasteiger partial charge in [0.05, 0.1) is 17.4 Å². The average Bonchev–Trinajstić information content (AvgIpc) is 3.28. The van der Waals surface area contributed by atoms with E-state index in [2.05, 4.69) is 15.3 Å². The van der Waals surface area contributed by atoms with E-state index in [1.165, 1.54) is 0 Å². The summed E-state index contributed by atoms with van der Waals surface area (Å²) in [6, 6.07) is 19.7. The molecular formula is C27H26Cl2N4O2. The summed E-state index contributed by atoms with van der Waals surface area (Å²) in [5.74, 6) is -0.444. The predicted molar refractivity (Wildman–Crippen MR) is 141 cm³/mol. The molecule has 1 aliphatic carbocycles. The monoisotopic (exact) mass is 508 g/mol. The van der Waals surface area contributed by atoms with Crippen molar-refractivity contribution in [3.05, 3.63) is 89.2 Å². The Balaban J connectivity index is 0.00000289. The van der Waals surface area contributed by atoms with Gasteiger partial charge in [-0.1, -0.05) is 42.6 Å². The number of rotatable bonds is 5. The number of pyridine rings is 1. The Morgan fingerprint density at radius 1 is 1.06 bits per heavy atom. The maximum Gasteiger partial charge on any atom is 0.251 e. The standard InChI is InChI=1S/C27H25ClN4O2.ClH/c28-20-11-12-22-19(15-20)16-23(31-22)25(33)27(29)13-3-1-6-24(27)32-26(34)18-9-7-17(8-10-18)21-5-2-4-14-30-21;/h2,4-5,7-12,14-16,24,31H,1,3,6,13,29H2,(H,32,34);1H. The summed E-state index contributed by atoms with van der Waals surface area (Å²) in [5.41, 5.74) is 9.08. The second kappa shape index (κ2) is 10.2. The van der Waals surface area contributed by atoms with Crippen LogP contribution in [0, 0.1) is 0 Å². The van der Waals surface area contributed by atoms with E-state index in [0.717, 1.165) is 35.0 Å². The summed E-state index contributed by atoms with van der Waals surface area (Å²) >= 11 is 6.09. The summed E-state index contributed by atoms with van der Waals surface area (Å²) in [4.78, 5) is 34.1. The van der Waals surface area contributed by atoms with Crippen LogP contribution in [0.2, 0.25) is 5.02 Å². The minimum absolute atomic E-state index is 0. The van der Waals surface area contributed by atoms with Crippen LogP contribution in [0.4, 0.5) is 0 Å². The van der Waals surface area contributed by atoms with Crippen molar-refractivity contribution in [3.63, 3.8) is 0 Å². The fraction of sp³-hybridized carbons (Fsp3) is 0.222. The van der Waals surface area contributed by atoms with Crippen molar-refractivity contribution in [3.8, 4) is 11.3 Å². The molecule has 0 aliphatic heterocycles. The highest BCUT2D eigenvalue weighted by Crippen LogP contribution is 2.31. The van der Waals surface area contributed by atoms with Crippen LogP contribution in [-0.2, 0) is 0 Å². The van der Waals surface area contributed by atoms with E-state index in [0.29, 0.717) is 29.1 Å². The van der Waals surface area contributed by atoms with Crippen LogP contribution in [0.15, 0.2) is 72.9 Å². The van der Waals surface area contributed by atoms with Crippen LogP contribution >= 0.6 is 24.0 Å². The molecule has 4 N–H and O–H groups in total. The van der Waals surface area contributed by atoms with Gasteiger partial charge in [0.2, 0.25) is 5.78 Å². The van der Waals surface area contributed by atoms with Crippen LogP contribution in [0.1, 0.15) is 46.5 Å². The molecule has 1 fully saturated rings. The summed E-state index contributed by atoms with van der Waals surface area (Å²) in [6.07, 6.45) is 4.62. The number of nitrogens with two attached hydrogens (primary N) is 1. The molecule has 0 saturated heterocycles. The molecule has 180 valence electrons. The Hall–Kier alpha value is -3.19. The maximum absolute atomic E-state index is 13.6. The zero-order chi connectivity index (χ0) is 23.7. The quantitative estimate of drug-likeness (QED) is 0.307. The number of carbonyl (C=O) groups excluding carboxylic acids is 2. The predicted octanol–water partition coefficient (Wildman–Crippen LogP) is 5.56. The van der Waals surface area contributed by atoms with Crippen LogP contribution in [0.3, 0.4) is 0 Å². The minimum atomic E-state index is -1.19. The third kappa shape index (κ3) is 4.96. The number of H-pyrrole nitrogens is 1. The summed E-state index contributed by atoms with van der Waals surface area (Å²) in [6.45, 7) is 0. The topological polar surface area (TPSA) is 101 Å². The van der Waals surface area contributed by atoms with Crippen molar-refractivity contribution in [1.29, 1.82) is 0 Å². The van der Waals surface area contributed by atoms with Gasteiger partial charge in [-0.15, -0.1) is 12.4 Å². The number of Topliss-reactive ketones (excluding diaryl/α,β-unsaturated/α-hetero) is 1. The molecule has 0 bridgehead atoms. The largest absolute Gasteiger partial charge is 0.352 e. The van der Waals surface area contributed by atoms with Crippen LogP contribution in [0.25, 0.3) is 22.2 Å². The normalized spacial score (nSPS) is 19.7. The third-order valence-electron chi connectivity index (χ3n) is 6.62. The summed E-state index contributed by atoms with van der Waals surface area (Å²) in [7, 11) is 0. The first-order chi connectivity index (χ1) is 16.4. The Bertz CT molecular complexity index is 1350. The molecule has 2 atom stereocenters. The molecule has 0 radical (unpaired) electrons. The van der Waals surface area contributed by atoms with Gasteiger partial charge >= 0.3 is 0 Å². The van der Waals surface area contributed by atoms with Gasteiger partial charge in [-0.25, -0.2) is 0 Å². The molecular weight excluding hydrogens is 483 g/mol. The number of ketones is 1. The number of aromatic nitrogens is 2. The molecule has 2 aromatic carbocycles. The number of carbonyl (C=O) groups is 2. The number of halogens is 2. The maximum atomic E-state index is 13.6. The first-order valence-electron chi connectivity index (χ1n) is 11.4. The van der Waals surface area contributed by atoms with E-state index < -0.39 is 11.6 Å². The number of fused-ring (bicyclic) bond motifs is 1. The lowest BCUT2D eigenvalue weighted by Crippen LogP contribution is -2.64. The van der Waals surface area contributed by atoms with Crippen LogP contribution < -0.4 is 11.1 Å². The molecule has 5 rings (SSSR count). The van der Waals surface area contributed by atoms with E-state index >= 15 is 0 Å². The number of hydrogen-bond donors (Lipinski definition) is 3. The molecule has 6 nitrogen and oxygen atoms in total. The first kappa shape index (κ1) is 24.9. The lowest BCUT2D eigenvalue weighted by Gasteiger charge is -2.40. The summed E-state index contributed by atoms with van der Waals surface area (Å²) < 4.78 is 0. The number of aromatic amines is 1. The van der Waals surface area contributed by atoms with Crippen LogP contribution in [-0.4, -0.2) is 33.2 Å². The molecule has 1 amide bonds. The molecule has 35 heavy (non-hydrogen) atoms. The number of nitrogens with zero attached hydrogens (tertiary/aromatic N) is 1. The fourth-order valence-corrected chi connectivity index (χ4v) is 4.90. The molecule has 2 heterocycles. The second-order valence-corrected chi connectivity index (χ2v) is 9.28. The number of hydrogen-bond acceptors (Lipinski definition) is 4. The van der Waals surface area contributed by atoms with E-state index in [1.54, 1.807) is 30.5 Å². The van der Waals surface area contributed by atoms with Gasteiger partial charge in [-0.05, 0) is 61.4 Å². The van der Waals surface area contributed by atoms with Crippen LogP contribution in [0.5, 0.6) is 0 Å². The summed E-state index contributed by atoms with van der Waals surface area (Å²) in [5, 5.41) is 4.50. The lowest BCUT2D eigenvalue weighted by atomic mass is 9.74. The van der Waals surface area contributed by atoms with Crippen molar-refractivity contribution >= 4 is 46.6 Å². The number of amides is 1. The van der Waals surface area contributed by atoms with E-state index in [4.69, 9.17) is 17.3 Å². The molecule has 1 saturated carbocycles. The van der Waals surface area contributed by atoms with Gasteiger partial charge in [0.15, 0.2) is 0 Å². The Morgan fingerprint density at radius 3 is 2.60 bits per heavy atom. The number of benzene rings is 2. The Labute approximate surface area is 214 Å². The molecule has 1 aliphatic rings. The molecule has 4 aromatic rings. The highest BCUT2D eigenvalue weighted by Gasteiger charge is 2.45. The SMILES string of the molecule is Cl.NC1(C(=O)c2cc3cc(Cl)ccc3[nH]2)CCCCC1NC(=O)c1ccc(-c2ccccn2)cc1. The zero-order valence-corrected chi connectivity index (χ0v) is 20.5. The van der Waals surface area contributed by atoms with E-state index in [1.807, 2.05) is 42.5 Å². The smallest absolute Gasteiger partial charge is 0.251 e. The van der Waals surface area contributed by atoms with Gasteiger partial charge < -0.3 is 16.0 Å². The Morgan fingerprint density at radius 2 is 1.86 bits per heavy atom. The molecule has 2 unspecified atom stereocenters. The van der Waals surface area contributed by atoms with Gasteiger partial charge in [0.1, 0.15) is 5.54 Å². The van der Waals surface area contributed by atoms with E-state index in [-0.39, 0.29) is 24.1 Å². The molecule has 8 heteroatoms. The highest BCUT2D eigenvalue weighted by atomic mass is 35.5. The number of nitrogens with one attached hydrogen (secondary N) is 2. The Kier molecular flexibility index (Phi) is 7.26. The second-order valence-electron chi connectivity index (χ2n) is 8.85. The molecule has 2 aromatic heterocycles.